The summed E-state index contributed by atoms with van der Waals surface area (Å²) in [6.07, 6.45) is 1.70. The van der Waals surface area contributed by atoms with E-state index in [2.05, 4.69) is 20.5 Å². The van der Waals surface area contributed by atoms with Gasteiger partial charge in [-0.15, -0.1) is 0 Å². The summed E-state index contributed by atoms with van der Waals surface area (Å²) in [6.45, 7) is 3.63. The monoisotopic (exact) mass is 487 g/mol. The lowest BCUT2D eigenvalue weighted by molar-refractivity contribution is -0.122. The summed E-state index contributed by atoms with van der Waals surface area (Å²) in [5.74, 6) is 1.39. The van der Waals surface area contributed by atoms with Crippen LogP contribution in [0, 0.1) is 6.92 Å². The fourth-order valence-electron chi connectivity index (χ4n) is 4.90. The highest BCUT2D eigenvalue weighted by Gasteiger charge is 2.47. The first kappa shape index (κ1) is 21.9. The normalized spacial score (nSPS) is 21.2. The maximum Gasteiger partial charge on any atom is 0.327 e. The Labute approximate surface area is 207 Å². The van der Waals surface area contributed by atoms with E-state index in [4.69, 9.17) is 4.74 Å². The summed E-state index contributed by atoms with van der Waals surface area (Å²) in [7, 11) is 2.03. The molecule has 178 valence electrons. The molecule has 1 saturated heterocycles. The molecule has 3 aromatic rings. The number of thioether (sulfide) groups is 1. The van der Waals surface area contributed by atoms with Gasteiger partial charge in [-0.05, 0) is 55.9 Å². The van der Waals surface area contributed by atoms with Gasteiger partial charge in [-0.3, -0.25) is 9.69 Å². The summed E-state index contributed by atoms with van der Waals surface area (Å²) in [6, 6.07) is 16.6. The number of amides is 3. The van der Waals surface area contributed by atoms with Crippen molar-refractivity contribution in [2.75, 3.05) is 25.0 Å². The molecule has 1 aromatic heterocycles. The molecular formula is C26H25N5O3S. The highest BCUT2D eigenvalue weighted by Crippen LogP contribution is 2.51. The Morgan fingerprint density at radius 2 is 1.91 bits per heavy atom. The van der Waals surface area contributed by atoms with Crippen LogP contribution in [0.2, 0.25) is 0 Å². The Morgan fingerprint density at radius 3 is 2.66 bits per heavy atom. The van der Waals surface area contributed by atoms with Crippen LogP contribution in [0.4, 0.5) is 16.2 Å². The molecule has 3 aliphatic heterocycles. The van der Waals surface area contributed by atoms with Crippen LogP contribution in [0.25, 0.3) is 0 Å². The van der Waals surface area contributed by atoms with E-state index in [9.17, 15) is 9.59 Å². The zero-order valence-corrected chi connectivity index (χ0v) is 20.2. The highest BCUT2D eigenvalue weighted by molar-refractivity contribution is 8.01. The maximum absolute atomic E-state index is 13.4. The zero-order chi connectivity index (χ0) is 24.1. The van der Waals surface area contributed by atoms with Crippen molar-refractivity contribution in [3.63, 3.8) is 0 Å². The standard InChI is InChI=1S/C26H25N5O3S/c1-15-12-18(34-17-6-4-3-5-7-17)8-9-19(15)31-20-10-11-27-25-21(20)22(29-26(31)33)23(35-25)24(32)28-16-13-30(2)14-16/h3-12,16,22-23H,13-14H2,1-2H3,(H,28,32)(H,29,33). The van der Waals surface area contributed by atoms with E-state index in [1.54, 1.807) is 11.1 Å². The number of nitrogens with one attached hydrogen (secondary N) is 2. The largest absolute Gasteiger partial charge is 0.457 e. The molecule has 8 nitrogen and oxygen atoms in total. The Morgan fingerprint density at radius 1 is 1.11 bits per heavy atom. The zero-order valence-electron chi connectivity index (χ0n) is 19.4. The van der Waals surface area contributed by atoms with Crippen LogP contribution in [0.5, 0.6) is 11.5 Å². The first-order valence-corrected chi connectivity index (χ1v) is 12.4. The van der Waals surface area contributed by atoms with Crippen LogP contribution in [0.3, 0.4) is 0 Å². The van der Waals surface area contributed by atoms with Gasteiger partial charge in [-0.1, -0.05) is 30.0 Å². The number of aryl methyl sites for hydroxylation is 1. The molecule has 6 rings (SSSR count). The molecule has 2 unspecified atom stereocenters. The smallest absolute Gasteiger partial charge is 0.327 e. The van der Waals surface area contributed by atoms with Crippen molar-refractivity contribution < 1.29 is 14.3 Å². The number of para-hydroxylation sites is 1. The van der Waals surface area contributed by atoms with Gasteiger partial charge >= 0.3 is 6.03 Å². The predicted molar refractivity (Wildman–Crippen MR) is 134 cm³/mol. The van der Waals surface area contributed by atoms with Crippen LogP contribution >= 0.6 is 11.8 Å². The van der Waals surface area contributed by atoms with Crippen LogP contribution in [-0.2, 0) is 4.79 Å². The minimum atomic E-state index is -0.446. The van der Waals surface area contributed by atoms with E-state index in [0.29, 0.717) is 5.75 Å². The third-order valence-electron chi connectivity index (χ3n) is 6.56. The van der Waals surface area contributed by atoms with Crippen molar-refractivity contribution >= 4 is 35.1 Å². The predicted octanol–water partition coefficient (Wildman–Crippen LogP) is 3.99. The molecule has 3 aliphatic rings. The molecule has 2 atom stereocenters. The van der Waals surface area contributed by atoms with Gasteiger partial charge < -0.3 is 20.3 Å². The molecular weight excluding hydrogens is 462 g/mol. The van der Waals surface area contributed by atoms with E-state index in [1.165, 1.54) is 11.8 Å². The molecule has 4 heterocycles. The number of hydrogen-bond acceptors (Lipinski definition) is 6. The second-order valence-corrected chi connectivity index (χ2v) is 10.3. The van der Waals surface area contributed by atoms with E-state index in [0.717, 1.165) is 46.4 Å². The lowest BCUT2D eigenvalue weighted by Gasteiger charge is -2.38. The second-order valence-electron chi connectivity index (χ2n) is 9.14. The van der Waals surface area contributed by atoms with Gasteiger partial charge in [0.05, 0.1) is 23.5 Å². The van der Waals surface area contributed by atoms with Crippen LogP contribution in [0.15, 0.2) is 65.8 Å². The summed E-state index contributed by atoms with van der Waals surface area (Å²) in [5, 5.41) is 6.53. The van der Waals surface area contributed by atoms with Crippen molar-refractivity contribution in [1.82, 2.24) is 20.5 Å². The summed E-state index contributed by atoms with van der Waals surface area (Å²) >= 11 is 1.42. The van der Waals surface area contributed by atoms with E-state index >= 15 is 0 Å². The average molecular weight is 488 g/mol. The number of likely N-dealkylation sites (N-methyl/N-ethyl adjacent to an activating group) is 1. The highest BCUT2D eigenvalue weighted by atomic mass is 32.2. The molecule has 0 bridgehead atoms. The SMILES string of the molecule is Cc1cc(Oc2ccccc2)ccc1N1C(=O)NC2c3c1ccnc3SC2C(=O)NC1CN(C)C1. The van der Waals surface area contributed by atoms with Crippen molar-refractivity contribution in [2.24, 2.45) is 0 Å². The molecule has 0 radical (unpaired) electrons. The molecule has 0 saturated carbocycles. The molecule has 0 spiro atoms. The second kappa shape index (κ2) is 8.58. The van der Waals surface area contributed by atoms with Crippen molar-refractivity contribution in [3.8, 4) is 11.5 Å². The van der Waals surface area contributed by atoms with Gasteiger partial charge in [0.25, 0.3) is 0 Å². The molecule has 3 amide bonds. The number of benzene rings is 2. The fraction of sp³-hybridized carbons (Fsp3) is 0.269. The van der Waals surface area contributed by atoms with Crippen molar-refractivity contribution in [3.05, 3.63) is 71.9 Å². The third kappa shape index (κ3) is 3.90. The number of nitrogens with zero attached hydrogens (tertiary/aromatic N) is 3. The number of urea groups is 1. The topological polar surface area (TPSA) is 86.8 Å². The summed E-state index contributed by atoms with van der Waals surface area (Å²) in [5.41, 5.74) is 3.30. The summed E-state index contributed by atoms with van der Waals surface area (Å²) in [4.78, 5) is 34.8. The van der Waals surface area contributed by atoms with Gasteiger partial charge in [0.1, 0.15) is 21.8 Å². The molecule has 2 N–H and O–H groups in total. The van der Waals surface area contributed by atoms with E-state index in [1.807, 2.05) is 68.6 Å². The Bertz CT molecular complexity index is 1310. The third-order valence-corrected chi connectivity index (χ3v) is 7.85. The minimum absolute atomic E-state index is 0.0607. The van der Waals surface area contributed by atoms with Crippen LogP contribution in [-0.4, -0.2) is 53.3 Å². The molecule has 1 fully saturated rings. The van der Waals surface area contributed by atoms with E-state index in [-0.39, 0.29) is 18.0 Å². The molecule has 35 heavy (non-hydrogen) atoms. The number of carbonyl (C=O) groups excluding carboxylic acids is 2. The number of ether oxygens (including phenoxy) is 1. The number of pyridine rings is 1. The van der Waals surface area contributed by atoms with Crippen molar-refractivity contribution in [1.29, 1.82) is 0 Å². The quantitative estimate of drug-likeness (QED) is 0.566. The Kier molecular flexibility index (Phi) is 5.38. The van der Waals surface area contributed by atoms with Crippen LogP contribution < -0.4 is 20.3 Å². The number of carbonyl (C=O) groups is 2. The minimum Gasteiger partial charge on any atom is -0.457 e. The van der Waals surface area contributed by atoms with Crippen molar-refractivity contribution in [2.45, 2.75) is 29.3 Å². The number of likely N-dealkylation sites (tertiary alicyclic amines) is 1. The maximum atomic E-state index is 13.4. The molecule has 9 heteroatoms. The van der Waals surface area contributed by atoms with Gasteiger partial charge in [-0.2, -0.15) is 0 Å². The molecule has 2 aromatic carbocycles. The van der Waals surface area contributed by atoms with Gasteiger partial charge in [-0.25, -0.2) is 9.78 Å². The Balaban J connectivity index is 1.28. The lowest BCUT2D eigenvalue weighted by atomic mass is 9.99. The number of aromatic nitrogens is 1. The first-order valence-electron chi connectivity index (χ1n) is 11.6. The lowest BCUT2D eigenvalue weighted by Crippen LogP contribution is -2.59. The number of hydrogen-bond donors (Lipinski definition) is 2. The van der Waals surface area contributed by atoms with Gasteiger partial charge in [0, 0.05) is 24.8 Å². The number of rotatable bonds is 5. The average Bonchev–Trinajstić information content (AvgIpc) is 3.19. The Hall–Kier alpha value is -3.56. The van der Waals surface area contributed by atoms with E-state index < -0.39 is 11.3 Å². The number of anilines is 2. The molecule has 0 aliphatic carbocycles. The van der Waals surface area contributed by atoms with Gasteiger partial charge in [0.15, 0.2) is 0 Å². The summed E-state index contributed by atoms with van der Waals surface area (Å²) < 4.78 is 5.96. The van der Waals surface area contributed by atoms with Gasteiger partial charge in [0.2, 0.25) is 5.91 Å². The van der Waals surface area contributed by atoms with Crippen LogP contribution in [0.1, 0.15) is 17.2 Å². The first-order chi connectivity index (χ1) is 17.0. The fourth-order valence-corrected chi connectivity index (χ4v) is 6.14.